The first-order valence-electron chi connectivity index (χ1n) is 6.29. The summed E-state index contributed by atoms with van der Waals surface area (Å²) in [7, 11) is 2.01. The molecule has 2 saturated heterocycles. The lowest BCUT2D eigenvalue weighted by atomic mass is 9.87. The Bertz CT molecular complexity index is 393. The van der Waals surface area contributed by atoms with Crippen LogP contribution < -0.4 is 5.32 Å². The van der Waals surface area contributed by atoms with E-state index < -0.39 is 5.54 Å². The average molecular weight is 250 g/mol. The van der Waals surface area contributed by atoms with Crippen LogP contribution >= 0.6 is 0 Å². The van der Waals surface area contributed by atoms with Gasteiger partial charge in [-0.2, -0.15) is 5.26 Å². The van der Waals surface area contributed by atoms with Crippen molar-refractivity contribution in [3.63, 3.8) is 0 Å². The highest BCUT2D eigenvalue weighted by Crippen LogP contribution is 2.29. The Morgan fingerprint density at radius 1 is 1.39 bits per heavy atom. The van der Waals surface area contributed by atoms with Crippen LogP contribution in [0.4, 0.5) is 4.79 Å². The van der Waals surface area contributed by atoms with Crippen molar-refractivity contribution < 1.29 is 9.59 Å². The number of amides is 3. The normalized spacial score (nSPS) is 23.2. The quantitative estimate of drug-likeness (QED) is 0.577. The van der Waals surface area contributed by atoms with E-state index in [1.807, 2.05) is 13.1 Å². The molecule has 0 aliphatic carbocycles. The minimum absolute atomic E-state index is 0.112. The van der Waals surface area contributed by atoms with Gasteiger partial charge in [-0.1, -0.05) is 0 Å². The number of urea groups is 1. The first-order valence-corrected chi connectivity index (χ1v) is 6.29. The first-order chi connectivity index (χ1) is 8.59. The van der Waals surface area contributed by atoms with Crippen molar-refractivity contribution >= 4 is 11.9 Å². The Balaban J connectivity index is 2.02. The molecule has 0 atom stereocenters. The molecule has 1 N–H and O–H groups in total. The van der Waals surface area contributed by atoms with Gasteiger partial charge in [-0.05, 0) is 26.3 Å². The highest BCUT2D eigenvalue weighted by atomic mass is 16.2. The van der Waals surface area contributed by atoms with Crippen LogP contribution in [-0.4, -0.2) is 54.0 Å². The number of likely N-dealkylation sites (tertiary alicyclic amines) is 1. The van der Waals surface area contributed by atoms with Gasteiger partial charge in [0.2, 0.25) is 0 Å². The Kier molecular flexibility index (Phi) is 3.53. The molecule has 2 heterocycles. The molecule has 0 aromatic rings. The van der Waals surface area contributed by atoms with E-state index in [4.69, 9.17) is 5.26 Å². The van der Waals surface area contributed by atoms with Crippen LogP contribution in [0, 0.1) is 11.3 Å². The molecule has 2 aliphatic rings. The van der Waals surface area contributed by atoms with Gasteiger partial charge in [-0.3, -0.25) is 9.69 Å². The molecule has 3 amide bonds. The summed E-state index contributed by atoms with van der Waals surface area (Å²) >= 11 is 0. The van der Waals surface area contributed by atoms with Crippen LogP contribution in [0.15, 0.2) is 0 Å². The molecule has 98 valence electrons. The van der Waals surface area contributed by atoms with Crippen molar-refractivity contribution in [3.8, 4) is 6.07 Å². The van der Waals surface area contributed by atoms with Crippen molar-refractivity contribution in [2.75, 3.05) is 26.7 Å². The smallest absolute Gasteiger partial charge is 0.323 e. The lowest BCUT2D eigenvalue weighted by Crippen LogP contribution is -2.54. The largest absolute Gasteiger partial charge is 0.325 e. The number of carbonyl (C=O) groups excluding carboxylic acids is 2. The van der Waals surface area contributed by atoms with Gasteiger partial charge in [0.25, 0.3) is 5.91 Å². The van der Waals surface area contributed by atoms with Crippen LogP contribution in [0.5, 0.6) is 0 Å². The van der Waals surface area contributed by atoms with Gasteiger partial charge in [0.05, 0.1) is 6.07 Å². The number of hydrogen-bond donors (Lipinski definition) is 1. The zero-order chi connectivity index (χ0) is 13.2. The second kappa shape index (κ2) is 4.94. The fourth-order valence-electron chi connectivity index (χ4n) is 2.53. The SMILES string of the molecule is CN1CCC2(CC1)NC(=O)N(CCCC#N)C2=O. The van der Waals surface area contributed by atoms with Gasteiger partial charge in [-0.15, -0.1) is 0 Å². The van der Waals surface area contributed by atoms with Crippen molar-refractivity contribution in [1.82, 2.24) is 15.1 Å². The molecular weight excluding hydrogens is 232 g/mol. The van der Waals surface area contributed by atoms with Gasteiger partial charge in [-0.25, -0.2) is 4.79 Å². The number of nitrogens with zero attached hydrogens (tertiary/aromatic N) is 3. The van der Waals surface area contributed by atoms with E-state index in [0.717, 1.165) is 13.1 Å². The summed E-state index contributed by atoms with van der Waals surface area (Å²) < 4.78 is 0. The van der Waals surface area contributed by atoms with E-state index >= 15 is 0 Å². The molecule has 1 spiro atoms. The molecule has 0 unspecified atom stereocenters. The fourth-order valence-corrected chi connectivity index (χ4v) is 2.53. The molecule has 6 nitrogen and oxygen atoms in total. The summed E-state index contributed by atoms with van der Waals surface area (Å²) in [4.78, 5) is 27.6. The monoisotopic (exact) mass is 250 g/mol. The summed E-state index contributed by atoms with van der Waals surface area (Å²) in [5.41, 5.74) is -0.684. The minimum Gasteiger partial charge on any atom is -0.323 e. The Hall–Kier alpha value is -1.61. The van der Waals surface area contributed by atoms with Gasteiger partial charge < -0.3 is 10.2 Å². The number of imide groups is 1. The number of hydrogen-bond acceptors (Lipinski definition) is 4. The molecule has 0 aromatic heterocycles. The standard InChI is InChI=1S/C12H18N4O2/c1-15-8-4-12(5-9-15)10(17)16(11(18)14-12)7-3-2-6-13/h2-5,7-9H2,1H3,(H,14,18). The predicted octanol–water partition coefficient (Wildman–Crippen LogP) is 0.306. The number of nitriles is 1. The number of piperidine rings is 1. The predicted molar refractivity (Wildman–Crippen MR) is 64.6 cm³/mol. The van der Waals surface area contributed by atoms with Gasteiger partial charge in [0, 0.05) is 26.1 Å². The second-order valence-electron chi connectivity index (χ2n) is 5.03. The van der Waals surface area contributed by atoms with Crippen LogP contribution in [-0.2, 0) is 4.79 Å². The molecular formula is C12H18N4O2. The maximum Gasteiger partial charge on any atom is 0.325 e. The van der Waals surface area contributed by atoms with Crippen LogP contribution in [0.1, 0.15) is 25.7 Å². The van der Waals surface area contributed by atoms with Gasteiger partial charge in [0.15, 0.2) is 0 Å². The topological polar surface area (TPSA) is 76.4 Å². The van der Waals surface area contributed by atoms with Gasteiger partial charge >= 0.3 is 6.03 Å². The highest BCUT2D eigenvalue weighted by molar-refractivity contribution is 6.07. The maximum atomic E-state index is 12.3. The van der Waals surface area contributed by atoms with Crippen LogP contribution in [0.3, 0.4) is 0 Å². The molecule has 2 aliphatic heterocycles. The number of carbonyl (C=O) groups is 2. The number of unbranched alkanes of at least 4 members (excludes halogenated alkanes) is 1. The van der Waals surface area contributed by atoms with Crippen molar-refractivity contribution in [2.24, 2.45) is 0 Å². The zero-order valence-corrected chi connectivity index (χ0v) is 10.6. The van der Waals surface area contributed by atoms with E-state index in [1.165, 1.54) is 4.90 Å². The summed E-state index contributed by atoms with van der Waals surface area (Å²) in [6.45, 7) is 1.98. The minimum atomic E-state index is -0.684. The Labute approximate surface area is 107 Å². The van der Waals surface area contributed by atoms with E-state index in [2.05, 4.69) is 10.2 Å². The molecule has 2 fully saturated rings. The molecule has 0 aromatic carbocycles. The Morgan fingerprint density at radius 3 is 2.67 bits per heavy atom. The molecule has 18 heavy (non-hydrogen) atoms. The third-order valence-corrected chi connectivity index (χ3v) is 3.76. The van der Waals surface area contributed by atoms with Crippen molar-refractivity contribution in [3.05, 3.63) is 0 Å². The molecule has 0 bridgehead atoms. The highest BCUT2D eigenvalue weighted by Gasteiger charge is 2.51. The van der Waals surface area contributed by atoms with E-state index in [0.29, 0.717) is 32.2 Å². The number of nitrogens with one attached hydrogen (secondary N) is 1. The third-order valence-electron chi connectivity index (χ3n) is 3.76. The first kappa shape index (κ1) is 12.8. The fraction of sp³-hybridized carbons (Fsp3) is 0.750. The van der Waals surface area contributed by atoms with Crippen molar-refractivity contribution in [1.29, 1.82) is 5.26 Å². The summed E-state index contributed by atoms with van der Waals surface area (Å²) in [6.07, 6.45) is 2.25. The lowest BCUT2D eigenvalue weighted by molar-refractivity contribution is -0.132. The van der Waals surface area contributed by atoms with Gasteiger partial charge in [0.1, 0.15) is 5.54 Å². The van der Waals surface area contributed by atoms with E-state index in [1.54, 1.807) is 0 Å². The molecule has 0 saturated carbocycles. The van der Waals surface area contributed by atoms with Crippen LogP contribution in [0.25, 0.3) is 0 Å². The molecule has 2 rings (SSSR count). The lowest BCUT2D eigenvalue weighted by Gasteiger charge is -2.35. The second-order valence-corrected chi connectivity index (χ2v) is 5.03. The van der Waals surface area contributed by atoms with E-state index in [-0.39, 0.29) is 11.9 Å². The van der Waals surface area contributed by atoms with E-state index in [9.17, 15) is 9.59 Å². The zero-order valence-electron chi connectivity index (χ0n) is 10.6. The Morgan fingerprint density at radius 2 is 2.06 bits per heavy atom. The summed E-state index contributed by atoms with van der Waals surface area (Å²) in [5.74, 6) is -0.112. The maximum absolute atomic E-state index is 12.3. The third kappa shape index (κ3) is 2.18. The molecule has 6 heteroatoms. The average Bonchev–Trinajstić information content (AvgIpc) is 2.58. The summed E-state index contributed by atoms with van der Waals surface area (Å²) in [5, 5.41) is 11.3. The number of rotatable bonds is 3. The summed E-state index contributed by atoms with van der Waals surface area (Å²) in [6, 6.07) is 1.72. The van der Waals surface area contributed by atoms with Crippen molar-refractivity contribution in [2.45, 2.75) is 31.2 Å². The molecule has 0 radical (unpaired) electrons. The van der Waals surface area contributed by atoms with Crippen LogP contribution in [0.2, 0.25) is 0 Å².